The highest BCUT2D eigenvalue weighted by molar-refractivity contribution is 7.98. The van der Waals surface area contributed by atoms with Crippen LogP contribution in [-0.2, 0) is 17.5 Å². The topological polar surface area (TPSA) is 56.1 Å². The zero-order valence-electron chi connectivity index (χ0n) is 11.7. The molecule has 1 saturated heterocycles. The van der Waals surface area contributed by atoms with Crippen molar-refractivity contribution in [1.29, 1.82) is 0 Å². The highest BCUT2D eigenvalue weighted by atomic mass is 35.5. The number of nitrogens with zero attached hydrogens (tertiary/aromatic N) is 5. The molecule has 0 N–H and O–H groups in total. The monoisotopic (exact) mass is 325 g/mol. The Morgan fingerprint density at radius 3 is 2.81 bits per heavy atom. The van der Waals surface area contributed by atoms with E-state index in [0.717, 1.165) is 48.7 Å². The van der Waals surface area contributed by atoms with Gasteiger partial charge in [-0.2, -0.15) is 0 Å². The average molecular weight is 326 g/mol. The van der Waals surface area contributed by atoms with Crippen molar-refractivity contribution in [2.24, 2.45) is 7.05 Å². The summed E-state index contributed by atoms with van der Waals surface area (Å²) in [6.07, 6.45) is 1.79. The molecule has 1 fully saturated rings. The van der Waals surface area contributed by atoms with Gasteiger partial charge in [0.25, 0.3) is 0 Å². The molecule has 112 valence electrons. The molecule has 2 aromatic rings. The van der Waals surface area contributed by atoms with Crippen molar-refractivity contribution < 1.29 is 4.74 Å². The quantitative estimate of drug-likeness (QED) is 0.633. The molecule has 3 heterocycles. The van der Waals surface area contributed by atoms with E-state index in [9.17, 15) is 0 Å². The molecule has 0 saturated carbocycles. The van der Waals surface area contributed by atoms with Crippen LogP contribution in [-0.4, -0.2) is 46.1 Å². The molecular weight excluding hydrogens is 310 g/mol. The van der Waals surface area contributed by atoms with Gasteiger partial charge in [0.1, 0.15) is 5.15 Å². The number of ether oxygens (including phenoxy) is 1. The number of hydrogen-bond donors (Lipinski definition) is 0. The van der Waals surface area contributed by atoms with Gasteiger partial charge in [-0.3, -0.25) is 4.57 Å². The van der Waals surface area contributed by atoms with Crippen molar-refractivity contribution in [2.75, 3.05) is 31.2 Å². The van der Waals surface area contributed by atoms with Crippen LogP contribution in [0.15, 0.2) is 23.5 Å². The summed E-state index contributed by atoms with van der Waals surface area (Å²) >= 11 is 7.42. The van der Waals surface area contributed by atoms with Gasteiger partial charge in [0.2, 0.25) is 5.95 Å². The first-order valence-electron chi connectivity index (χ1n) is 6.69. The average Bonchev–Trinajstić information content (AvgIpc) is 2.89. The van der Waals surface area contributed by atoms with Gasteiger partial charge < -0.3 is 9.64 Å². The maximum atomic E-state index is 5.78. The van der Waals surface area contributed by atoms with Gasteiger partial charge in [0.15, 0.2) is 5.16 Å². The van der Waals surface area contributed by atoms with Crippen molar-refractivity contribution in [1.82, 2.24) is 19.7 Å². The summed E-state index contributed by atoms with van der Waals surface area (Å²) in [5, 5.41) is 9.97. The number of anilines is 1. The SMILES string of the molecule is Cn1c(SCc2ccc(Cl)nc2)nnc1N1CCOCC1. The molecule has 1 aliphatic rings. The van der Waals surface area contributed by atoms with Crippen molar-refractivity contribution in [3.63, 3.8) is 0 Å². The van der Waals surface area contributed by atoms with Crippen LogP contribution in [0.25, 0.3) is 0 Å². The minimum absolute atomic E-state index is 0.511. The van der Waals surface area contributed by atoms with Crippen LogP contribution in [0.4, 0.5) is 5.95 Å². The molecule has 0 unspecified atom stereocenters. The summed E-state index contributed by atoms with van der Waals surface area (Å²) in [4.78, 5) is 6.28. The Hall–Kier alpha value is -1.31. The fraction of sp³-hybridized carbons (Fsp3) is 0.462. The first-order valence-corrected chi connectivity index (χ1v) is 8.06. The van der Waals surface area contributed by atoms with Gasteiger partial charge >= 0.3 is 0 Å². The lowest BCUT2D eigenvalue weighted by Crippen LogP contribution is -2.37. The normalized spacial score (nSPS) is 15.4. The number of rotatable bonds is 4. The third-order valence-corrected chi connectivity index (χ3v) is 4.58. The van der Waals surface area contributed by atoms with Gasteiger partial charge in [0.05, 0.1) is 13.2 Å². The Morgan fingerprint density at radius 2 is 2.10 bits per heavy atom. The van der Waals surface area contributed by atoms with E-state index in [0.29, 0.717) is 5.15 Å². The van der Waals surface area contributed by atoms with Crippen LogP contribution >= 0.6 is 23.4 Å². The van der Waals surface area contributed by atoms with Crippen LogP contribution in [0, 0.1) is 0 Å². The maximum absolute atomic E-state index is 5.78. The summed E-state index contributed by atoms with van der Waals surface area (Å²) in [6.45, 7) is 3.20. The van der Waals surface area contributed by atoms with E-state index in [2.05, 4.69) is 20.1 Å². The molecule has 1 aliphatic heterocycles. The van der Waals surface area contributed by atoms with Gasteiger partial charge in [-0.05, 0) is 11.6 Å². The molecule has 0 bridgehead atoms. The number of pyridine rings is 1. The second kappa shape index (κ2) is 6.64. The molecule has 21 heavy (non-hydrogen) atoms. The Bertz CT molecular complexity index is 597. The van der Waals surface area contributed by atoms with Gasteiger partial charge in [-0.1, -0.05) is 29.4 Å². The molecule has 2 aromatic heterocycles. The van der Waals surface area contributed by atoms with Crippen molar-refractivity contribution in [3.05, 3.63) is 29.0 Å². The summed E-state index contributed by atoms with van der Waals surface area (Å²) in [5.74, 6) is 1.69. The van der Waals surface area contributed by atoms with Crippen LogP contribution in [0.3, 0.4) is 0 Å². The molecule has 0 aliphatic carbocycles. The second-order valence-corrected chi connectivity index (χ2v) is 6.05. The van der Waals surface area contributed by atoms with Crippen molar-refractivity contribution >= 4 is 29.3 Å². The molecule has 8 heteroatoms. The van der Waals surface area contributed by atoms with E-state index < -0.39 is 0 Å². The van der Waals surface area contributed by atoms with E-state index in [-0.39, 0.29) is 0 Å². The van der Waals surface area contributed by atoms with E-state index in [1.165, 1.54) is 0 Å². The minimum atomic E-state index is 0.511. The maximum Gasteiger partial charge on any atom is 0.227 e. The molecular formula is C13H16ClN5OS. The van der Waals surface area contributed by atoms with E-state index in [1.54, 1.807) is 24.0 Å². The number of hydrogen-bond acceptors (Lipinski definition) is 6. The number of thioether (sulfide) groups is 1. The van der Waals surface area contributed by atoms with Crippen molar-refractivity contribution in [2.45, 2.75) is 10.9 Å². The van der Waals surface area contributed by atoms with Crippen LogP contribution in [0.5, 0.6) is 0 Å². The lowest BCUT2D eigenvalue weighted by Gasteiger charge is -2.27. The molecule has 0 atom stereocenters. The third-order valence-electron chi connectivity index (χ3n) is 3.26. The molecule has 0 radical (unpaired) electrons. The Balaban J connectivity index is 1.66. The van der Waals surface area contributed by atoms with E-state index in [4.69, 9.17) is 16.3 Å². The van der Waals surface area contributed by atoms with Gasteiger partial charge in [-0.25, -0.2) is 4.98 Å². The predicted octanol–water partition coefficient (Wildman–Crippen LogP) is 1.99. The molecule has 0 amide bonds. The fourth-order valence-electron chi connectivity index (χ4n) is 2.11. The smallest absolute Gasteiger partial charge is 0.227 e. The zero-order chi connectivity index (χ0) is 14.7. The van der Waals surface area contributed by atoms with E-state index in [1.807, 2.05) is 17.7 Å². The summed E-state index contributed by atoms with van der Waals surface area (Å²) < 4.78 is 7.39. The van der Waals surface area contributed by atoms with Crippen LogP contribution in [0.2, 0.25) is 5.15 Å². The highest BCUT2D eigenvalue weighted by Gasteiger charge is 2.18. The first-order chi connectivity index (χ1) is 10.2. The number of morpholine rings is 1. The third kappa shape index (κ3) is 3.48. The standard InChI is InChI=1S/C13H16ClN5OS/c1-18-12(19-4-6-20-7-5-19)16-17-13(18)21-9-10-2-3-11(14)15-8-10/h2-3,8H,4-7,9H2,1H3. The molecule has 0 aromatic carbocycles. The van der Waals surface area contributed by atoms with E-state index >= 15 is 0 Å². The molecule has 0 spiro atoms. The zero-order valence-corrected chi connectivity index (χ0v) is 13.3. The lowest BCUT2D eigenvalue weighted by molar-refractivity contribution is 0.121. The Morgan fingerprint density at radius 1 is 1.29 bits per heavy atom. The minimum Gasteiger partial charge on any atom is -0.378 e. The molecule has 3 rings (SSSR count). The summed E-state index contributed by atoms with van der Waals surface area (Å²) in [7, 11) is 1.99. The van der Waals surface area contributed by atoms with Crippen molar-refractivity contribution in [3.8, 4) is 0 Å². The number of aromatic nitrogens is 4. The van der Waals surface area contributed by atoms with Crippen LogP contribution in [0.1, 0.15) is 5.56 Å². The number of halogens is 1. The predicted molar refractivity (Wildman–Crippen MR) is 82.8 cm³/mol. The fourth-order valence-corrected chi connectivity index (χ4v) is 3.06. The first kappa shape index (κ1) is 14.6. The van der Waals surface area contributed by atoms with Gasteiger partial charge in [-0.15, -0.1) is 10.2 Å². The second-order valence-electron chi connectivity index (χ2n) is 4.72. The summed E-state index contributed by atoms with van der Waals surface area (Å²) in [6, 6.07) is 3.77. The lowest BCUT2D eigenvalue weighted by atomic mass is 10.3. The Kier molecular flexibility index (Phi) is 4.62. The molecule has 6 nitrogen and oxygen atoms in total. The Labute approximate surface area is 132 Å². The van der Waals surface area contributed by atoms with Crippen LogP contribution < -0.4 is 4.90 Å². The summed E-state index contributed by atoms with van der Waals surface area (Å²) in [5.41, 5.74) is 1.11. The highest BCUT2D eigenvalue weighted by Crippen LogP contribution is 2.24. The van der Waals surface area contributed by atoms with Gasteiger partial charge in [0, 0.05) is 32.1 Å². The largest absolute Gasteiger partial charge is 0.378 e.